The molecule has 0 unspecified atom stereocenters. The molecule has 3 heterocycles. The number of aromatic nitrogens is 3. The number of nitrogens with zero attached hydrogens (tertiary/aromatic N) is 3. The molecule has 4 aromatic rings. The third kappa shape index (κ3) is 2.40. The van der Waals surface area contributed by atoms with Gasteiger partial charge in [-0.2, -0.15) is 0 Å². The second-order valence-corrected chi connectivity index (χ2v) is 6.39. The number of fused-ring (bicyclic) bond motifs is 2. The molecule has 3 aromatic heterocycles. The van der Waals surface area contributed by atoms with Gasteiger partial charge in [-0.25, -0.2) is 9.50 Å². The van der Waals surface area contributed by atoms with Crippen LogP contribution in [0.25, 0.3) is 28.1 Å². The van der Waals surface area contributed by atoms with Crippen LogP contribution < -0.4 is 10.5 Å². The molecule has 0 amide bonds. The maximum absolute atomic E-state index is 9.61. The van der Waals surface area contributed by atoms with Crippen molar-refractivity contribution in [2.45, 2.75) is 25.0 Å². The van der Waals surface area contributed by atoms with Gasteiger partial charge >= 0.3 is 0 Å². The summed E-state index contributed by atoms with van der Waals surface area (Å²) in [5.41, 5.74) is 7.92. The van der Waals surface area contributed by atoms with Crippen LogP contribution in [0.3, 0.4) is 0 Å². The first kappa shape index (κ1) is 14.3. The number of furan rings is 1. The number of ether oxygens (including phenoxy) is 1. The number of imidazole rings is 1. The average Bonchev–Trinajstić information content (AvgIpc) is 3.16. The van der Waals surface area contributed by atoms with Crippen molar-refractivity contribution < 1.29 is 14.3 Å². The molecule has 0 aliphatic heterocycles. The van der Waals surface area contributed by atoms with Gasteiger partial charge < -0.3 is 20.0 Å². The second kappa shape index (κ2) is 5.22. The van der Waals surface area contributed by atoms with Gasteiger partial charge in [0.2, 0.25) is 5.88 Å². The summed E-state index contributed by atoms with van der Waals surface area (Å²) in [7, 11) is 0. The fourth-order valence-corrected chi connectivity index (χ4v) is 3.12. The summed E-state index contributed by atoms with van der Waals surface area (Å²) in [5.74, 6) is 1.37. The quantitative estimate of drug-likeness (QED) is 0.597. The number of rotatable bonds is 3. The Hall–Kier alpha value is -3.06. The van der Waals surface area contributed by atoms with E-state index in [1.165, 1.54) is 0 Å². The predicted octanol–water partition coefficient (Wildman–Crippen LogP) is 2.72. The van der Waals surface area contributed by atoms with Crippen LogP contribution >= 0.6 is 0 Å². The van der Waals surface area contributed by atoms with Crippen LogP contribution in [-0.4, -0.2) is 31.9 Å². The minimum absolute atomic E-state index is 0.126. The fourth-order valence-electron chi connectivity index (χ4n) is 3.12. The van der Waals surface area contributed by atoms with Crippen molar-refractivity contribution in [1.82, 2.24) is 14.6 Å². The molecule has 1 fully saturated rings. The van der Waals surface area contributed by atoms with Gasteiger partial charge in [-0.15, -0.1) is 5.10 Å². The average molecular weight is 336 g/mol. The molecule has 0 atom stereocenters. The molecular formula is C18H16N4O3. The van der Waals surface area contributed by atoms with Gasteiger partial charge in [0.1, 0.15) is 23.1 Å². The summed E-state index contributed by atoms with van der Waals surface area (Å²) < 4.78 is 13.4. The molecule has 0 bridgehead atoms. The third-order valence-corrected chi connectivity index (χ3v) is 4.51. The van der Waals surface area contributed by atoms with E-state index >= 15 is 0 Å². The van der Waals surface area contributed by atoms with Gasteiger partial charge in [0, 0.05) is 17.5 Å². The van der Waals surface area contributed by atoms with E-state index < -0.39 is 0 Å². The lowest BCUT2D eigenvalue weighted by Gasteiger charge is -2.31. The highest BCUT2D eigenvalue weighted by molar-refractivity contribution is 5.83. The Morgan fingerprint density at radius 2 is 2.08 bits per heavy atom. The zero-order chi connectivity index (χ0) is 17.0. The van der Waals surface area contributed by atoms with Crippen LogP contribution in [0.4, 0.5) is 0 Å². The van der Waals surface area contributed by atoms with Crippen LogP contribution in [-0.2, 0) is 0 Å². The topological polar surface area (TPSA) is 98.8 Å². The molecule has 1 aromatic carbocycles. The molecule has 1 aliphatic rings. The van der Waals surface area contributed by atoms with Crippen molar-refractivity contribution in [3.05, 3.63) is 42.6 Å². The number of phenolic OH excluding ortho intramolecular Hbond substituents is 1. The SMILES string of the molecule is N[C@H]1C[C@H](Oc2ccc3ncc(-c4cc5cc(O)ccc5o4)n3n2)C1. The smallest absolute Gasteiger partial charge is 0.232 e. The minimum Gasteiger partial charge on any atom is -0.508 e. The first-order valence-corrected chi connectivity index (χ1v) is 8.16. The molecule has 0 saturated heterocycles. The van der Waals surface area contributed by atoms with Gasteiger partial charge in [-0.05, 0) is 43.2 Å². The zero-order valence-electron chi connectivity index (χ0n) is 13.3. The lowest BCUT2D eigenvalue weighted by atomic mass is 9.90. The Bertz CT molecular complexity index is 1080. The van der Waals surface area contributed by atoms with Crippen LogP contribution in [0.2, 0.25) is 0 Å². The minimum atomic E-state index is 0.126. The molecule has 1 aliphatic carbocycles. The lowest BCUT2D eigenvalue weighted by Crippen LogP contribution is -2.43. The van der Waals surface area contributed by atoms with E-state index in [-0.39, 0.29) is 17.9 Å². The van der Waals surface area contributed by atoms with E-state index in [0.29, 0.717) is 22.9 Å². The Balaban J connectivity index is 1.55. The zero-order valence-corrected chi connectivity index (χ0v) is 13.3. The summed E-state index contributed by atoms with van der Waals surface area (Å²) >= 11 is 0. The van der Waals surface area contributed by atoms with Crippen LogP contribution in [0.1, 0.15) is 12.8 Å². The van der Waals surface area contributed by atoms with Crippen molar-refractivity contribution in [3.8, 4) is 23.1 Å². The third-order valence-electron chi connectivity index (χ3n) is 4.51. The van der Waals surface area contributed by atoms with Crippen molar-refractivity contribution in [1.29, 1.82) is 0 Å². The standard InChI is InChI=1S/C18H16N4O3/c19-11-7-13(8-11)24-18-4-3-17-20-9-14(22(17)21-18)16-6-10-5-12(23)1-2-15(10)25-16/h1-6,9,11,13,23H,7-8,19H2/t11-,13-. The molecule has 1 saturated carbocycles. The molecule has 7 nitrogen and oxygen atoms in total. The van der Waals surface area contributed by atoms with Crippen molar-refractivity contribution in [2.75, 3.05) is 0 Å². The number of hydrogen-bond acceptors (Lipinski definition) is 6. The highest BCUT2D eigenvalue weighted by atomic mass is 16.5. The number of nitrogens with two attached hydrogens (primary N) is 1. The molecular weight excluding hydrogens is 320 g/mol. The van der Waals surface area contributed by atoms with E-state index in [1.807, 2.05) is 18.2 Å². The fraction of sp³-hybridized carbons (Fsp3) is 0.222. The van der Waals surface area contributed by atoms with Crippen molar-refractivity contribution >= 4 is 16.6 Å². The van der Waals surface area contributed by atoms with Gasteiger partial charge in [0.15, 0.2) is 11.4 Å². The first-order valence-electron chi connectivity index (χ1n) is 8.16. The lowest BCUT2D eigenvalue weighted by molar-refractivity contribution is 0.0944. The molecule has 0 radical (unpaired) electrons. The van der Waals surface area contributed by atoms with E-state index in [4.69, 9.17) is 14.9 Å². The van der Waals surface area contributed by atoms with E-state index in [1.54, 1.807) is 28.9 Å². The number of hydrogen-bond donors (Lipinski definition) is 2. The van der Waals surface area contributed by atoms with Crippen molar-refractivity contribution in [2.24, 2.45) is 5.73 Å². The Labute approximate surface area is 142 Å². The highest BCUT2D eigenvalue weighted by Gasteiger charge is 2.28. The van der Waals surface area contributed by atoms with Gasteiger partial charge in [0.05, 0.1) is 6.20 Å². The summed E-state index contributed by atoms with van der Waals surface area (Å²) in [4.78, 5) is 4.36. The van der Waals surface area contributed by atoms with Crippen LogP contribution in [0, 0.1) is 0 Å². The summed E-state index contributed by atoms with van der Waals surface area (Å²) in [6.07, 6.45) is 3.54. The maximum Gasteiger partial charge on any atom is 0.232 e. The molecule has 0 spiro atoms. The predicted molar refractivity (Wildman–Crippen MR) is 91.5 cm³/mol. The Kier molecular flexibility index (Phi) is 2.98. The first-order chi connectivity index (χ1) is 12.2. The van der Waals surface area contributed by atoms with Gasteiger partial charge in [-0.3, -0.25) is 0 Å². The monoisotopic (exact) mass is 336 g/mol. The summed E-state index contributed by atoms with van der Waals surface area (Å²) in [5, 5.41) is 15.0. The number of benzene rings is 1. The molecule has 5 rings (SSSR count). The largest absolute Gasteiger partial charge is 0.508 e. The number of phenols is 1. The second-order valence-electron chi connectivity index (χ2n) is 6.39. The van der Waals surface area contributed by atoms with Crippen molar-refractivity contribution in [3.63, 3.8) is 0 Å². The van der Waals surface area contributed by atoms with E-state index in [2.05, 4.69) is 10.1 Å². The number of aromatic hydroxyl groups is 1. The molecule has 25 heavy (non-hydrogen) atoms. The Morgan fingerprint density at radius 1 is 1.20 bits per heavy atom. The van der Waals surface area contributed by atoms with Crippen LogP contribution in [0.15, 0.2) is 47.0 Å². The molecule has 126 valence electrons. The Morgan fingerprint density at radius 3 is 2.92 bits per heavy atom. The van der Waals surface area contributed by atoms with E-state index in [0.717, 1.165) is 23.9 Å². The maximum atomic E-state index is 9.61. The van der Waals surface area contributed by atoms with Crippen LogP contribution in [0.5, 0.6) is 11.6 Å². The highest BCUT2D eigenvalue weighted by Crippen LogP contribution is 2.30. The molecule has 7 heteroatoms. The summed E-state index contributed by atoms with van der Waals surface area (Å²) in [6.45, 7) is 0. The summed E-state index contributed by atoms with van der Waals surface area (Å²) in [6, 6.07) is 10.7. The normalized spacial score (nSPS) is 20.0. The molecule has 3 N–H and O–H groups in total. The van der Waals surface area contributed by atoms with Gasteiger partial charge in [0.25, 0.3) is 0 Å². The van der Waals surface area contributed by atoms with E-state index in [9.17, 15) is 5.11 Å². The van der Waals surface area contributed by atoms with Gasteiger partial charge in [-0.1, -0.05) is 0 Å².